The van der Waals surface area contributed by atoms with Crippen LogP contribution in [0.3, 0.4) is 0 Å². The lowest BCUT2D eigenvalue weighted by molar-refractivity contribution is -0.121. The van der Waals surface area contributed by atoms with Crippen molar-refractivity contribution in [1.29, 1.82) is 0 Å². The molecule has 0 aromatic heterocycles. The van der Waals surface area contributed by atoms with Gasteiger partial charge in [-0.25, -0.2) is 0 Å². The van der Waals surface area contributed by atoms with Gasteiger partial charge in [0.15, 0.2) is 0 Å². The average Bonchev–Trinajstić information content (AvgIpc) is 2.49. The van der Waals surface area contributed by atoms with Gasteiger partial charge in [-0.2, -0.15) is 0 Å². The van der Waals surface area contributed by atoms with E-state index in [4.69, 9.17) is 16.3 Å². The largest absolute Gasteiger partial charge is 0.496 e. The first kappa shape index (κ1) is 15.4. The maximum Gasteiger partial charge on any atom is 0.224 e. The van der Waals surface area contributed by atoms with Crippen molar-refractivity contribution in [2.24, 2.45) is 0 Å². The van der Waals surface area contributed by atoms with E-state index in [-0.39, 0.29) is 11.9 Å². The number of rotatable bonds is 5. The second-order valence-electron chi connectivity index (χ2n) is 4.83. The summed E-state index contributed by atoms with van der Waals surface area (Å²) in [5.74, 6) is 0.743. The van der Waals surface area contributed by atoms with Gasteiger partial charge >= 0.3 is 0 Å². The van der Waals surface area contributed by atoms with Gasteiger partial charge in [-0.05, 0) is 30.7 Å². The van der Waals surface area contributed by atoms with Crippen molar-refractivity contribution in [2.45, 2.75) is 19.4 Å². The number of methoxy groups -OCH3 is 1. The smallest absolute Gasteiger partial charge is 0.224 e. The van der Waals surface area contributed by atoms with Gasteiger partial charge in [0.1, 0.15) is 5.75 Å². The Morgan fingerprint density at radius 1 is 1.19 bits per heavy atom. The molecular formula is C17H18ClNO2. The van der Waals surface area contributed by atoms with Gasteiger partial charge in [-0.3, -0.25) is 4.79 Å². The standard InChI is InChI=1S/C17H18ClNO2/c1-12(15-5-3-4-6-16(15)21-2)19-17(20)11-13-7-9-14(18)10-8-13/h3-10,12H,11H2,1-2H3,(H,19,20)/t12-/m1/s1. The third-order valence-corrected chi connectivity index (χ3v) is 3.51. The highest BCUT2D eigenvalue weighted by Gasteiger charge is 2.13. The van der Waals surface area contributed by atoms with Gasteiger partial charge in [0, 0.05) is 10.6 Å². The molecule has 0 aliphatic heterocycles. The first-order valence-electron chi connectivity index (χ1n) is 6.77. The van der Waals surface area contributed by atoms with E-state index >= 15 is 0 Å². The molecule has 0 aliphatic carbocycles. The van der Waals surface area contributed by atoms with Crippen LogP contribution in [0.25, 0.3) is 0 Å². The summed E-state index contributed by atoms with van der Waals surface area (Å²) in [5, 5.41) is 3.65. The fourth-order valence-corrected chi connectivity index (χ4v) is 2.31. The molecule has 0 radical (unpaired) electrons. The molecule has 2 aromatic rings. The van der Waals surface area contributed by atoms with Crippen LogP contribution >= 0.6 is 11.6 Å². The molecule has 2 aromatic carbocycles. The second-order valence-corrected chi connectivity index (χ2v) is 5.27. The number of nitrogens with one attached hydrogen (secondary N) is 1. The molecule has 3 nitrogen and oxygen atoms in total. The van der Waals surface area contributed by atoms with Crippen LogP contribution in [-0.4, -0.2) is 13.0 Å². The SMILES string of the molecule is COc1ccccc1[C@@H](C)NC(=O)Cc1ccc(Cl)cc1. The van der Waals surface area contributed by atoms with Gasteiger partial charge in [0.2, 0.25) is 5.91 Å². The predicted octanol–water partition coefficient (Wildman–Crippen LogP) is 3.77. The van der Waals surface area contributed by atoms with E-state index < -0.39 is 0 Å². The van der Waals surface area contributed by atoms with Gasteiger partial charge in [0.05, 0.1) is 19.6 Å². The van der Waals surface area contributed by atoms with Gasteiger partial charge in [-0.1, -0.05) is 41.9 Å². The van der Waals surface area contributed by atoms with E-state index in [9.17, 15) is 4.79 Å². The topological polar surface area (TPSA) is 38.3 Å². The first-order chi connectivity index (χ1) is 10.1. The van der Waals surface area contributed by atoms with E-state index in [0.29, 0.717) is 11.4 Å². The van der Waals surface area contributed by atoms with Crippen molar-refractivity contribution in [3.63, 3.8) is 0 Å². The van der Waals surface area contributed by atoms with E-state index in [1.54, 1.807) is 19.2 Å². The number of hydrogen-bond acceptors (Lipinski definition) is 2. The summed E-state index contributed by atoms with van der Waals surface area (Å²) in [6.45, 7) is 1.94. The summed E-state index contributed by atoms with van der Waals surface area (Å²) in [5.41, 5.74) is 1.90. The summed E-state index contributed by atoms with van der Waals surface area (Å²) in [6.07, 6.45) is 0.330. The molecule has 4 heteroatoms. The Labute approximate surface area is 129 Å². The Morgan fingerprint density at radius 3 is 2.52 bits per heavy atom. The third-order valence-electron chi connectivity index (χ3n) is 3.26. The molecule has 110 valence electrons. The highest BCUT2D eigenvalue weighted by molar-refractivity contribution is 6.30. The van der Waals surface area contributed by atoms with Crippen LogP contribution in [-0.2, 0) is 11.2 Å². The third kappa shape index (κ3) is 4.23. The number of hydrogen-bond donors (Lipinski definition) is 1. The summed E-state index contributed by atoms with van der Waals surface area (Å²) in [4.78, 5) is 12.1. The van der Waals surface area contributed by atoms with Gasteiger partial charge in [-0.15, -0.1) is 0 Å². The van der Waals surface area contributed by atoms with Crippen LogP contribution in [0.2, 0.25) is 5.02 Å². The van der Waals surface area contributed by atoms with Crippen molar-refractivity contribution in [3.05, 3.63) is 64.7 Å². The molecule has 1 amide bonds. The fourth-order valence-electron chi connectivity index (χ4n) is 2.18. The highest BCUT2D eigenvalue weighted by atomic mass is 35.5. The monoisotopic (exact) mass is 303 g/mol. The summed E-state index contributed by atoms with van der Waals surface area (Å²) in [7, 11) is 1.63. The number of para-hydroxylation sites is 1. The van der Waals surface area contributed by atoms with Crippen molar-refractivity contribution in [3.8, 4) is 5.75 Å². The van der Waals surface area contributed by atoms with Crippen molar-refractivity contribution in [2.75, 3.05) is 7.11 Å². The number of benzene rings is 2. The quantitative estimate of drug-likeness (QED) is 0.913. The number of carbonyl (C=O) groups is 1. The van der Waals surface area contributed by atoms with E-state index in [2.05, 4.69) is 5.32 Å². The maximum atomic E-state index is 12.1. The van der Waals surface area contributed by atoms with E-state index in [0.717, 1.165) is 16.9 Å². The lowest BCUT2D eigenvalue weighted by Crippen LogP contribution is -2.28. The van der Waals surface area contributed by atoms with Crippen LogP contribution in [0.15, 0.2) is 48.5 Å². The molecule has 0 spiro atoms. The number of carbonyl (C=O) groups excluding carboxylic acids is 1. The molecule has 1 N–H and O–H groups in total. The van der Waals surface area contributed by atoms with Crippen LogP contribution in [0.5, 0.6) is 5.75 Å². The molecule has 0 saturated carbocycles. The van der Waals surface area contributed by atoms with Crippen LogP contribution in [0.1, 0.15) is 24.1 Å². The summed E-state index contributed by atoms with van der Waals surface area (Å²) < 4.78 is 5.31. The van der Waals surface area contributed by atoms with Crippen molar-refractivity contribution < 1.29 is 9.53 Å². The van der Waals surface area contributed by atoms with Crippen molar-refractivity contribution >= 4 is 17.5 Å². The fraction of sp³-hybridized carbons (Fsp3) is 0.235. The molecule has 0 bridgehead atoms. The lowest BCUT2D eigenvalue weighted by atomic mass is 10.1. The van der Waals surface area contributed by atoms with Crippen LogP contribution in [0, 0.1) is 0 Å². The number of halogens is 1. The van der Waals surface area contributed by atoms with Crippen LogP contribution < -0.4 is 10.1 Å². The van der Waals surface area contributed by atoms with E-state index in [1.807, 2.05) is 43.3 Å². The lowest BCUT2D eigenvalue weighted by Gasteiger charge is -2.17. The molecule has 1 atom stereocenters. The van der Waals surface area contributed by atoms with Gasteiger partial charge < -0.3 is 10.1 Å². The Kier molecular flexibility index (Phi) is 5.23. The molecule has 0 fully saturated rings. The molecule has 0 aliphatic rings. The zero-order valence-corrected chi connectivity index (χ0v) is 12.9. The zero-order chi connectivity index (χ0) is 15.2. The number of amides is 1. The molecular weight excluding hydrogens is 286 g/mol. The Morgan fingerprint density at radius 2 is 1.86 bits per heavy atom. The first-order valence-corrected chi connectivity index (χ1v) is 7.14. The minimum absolute atomic E-state index is 0.0317. The number of ether oxygens (including phenoxy) is 1. The predicted molar refractivity (Wildman–Crippen MR) is 84.7 cm³/mol. The maximum absolute atomic E-state index is 12.1. The molecule has 21 heavy (non-hydrogen) atoms. The Hall–Kier alpha value is -2.00. The summed E-state index contributed by atoms with van der Waals surface area (Å²) >= 11 is 5.83. The highest BCUT2D eigenvalue weighted by Crippen LogP contribution is 2.24. The second kappa shape index (κ2) is 7.14. The molecule has 0 saturated heterocycles. The van der Waals surface area contributed by atoms with Crippen molar-refractivity contribution in [1.82, 2.24) is 5.32 Å². The Bertz CT molecular complexity index is 610. The summed E-state index contributed by atoms with van der Waals surface area (Å²) in [6, 6.07) is 14.8. The zero-order valence-electron chi connectivity index (χ0n) is 12.1. The molecule has 0 heterocycles. The van der Waals surface area contributed by atoms with Crippen LogP contribution in [0.4, 0.5) is 0 Å². The average molecular weight is 304 g/mol. The minimum atomic E-state index is -0.110. The van der Waals surface area contributed by atoms with Gasteiger partial charge in [0.25, 0.3) is 0 Å². The molecule has 0 unspecified atom stereocenters. The normalized spacial score (nSPS) is 11.8. The van der Waals surface area contributed by atoms with E-state index in [1.165, 1.54) is 0 Å². The Balaban J connectivity index is 2.00. The minimum Gasteiger partial charge on any atom is -0.496 e. The molecule has 2 rings (SSSR count).